The number of guanidine groups is 1. The van der Waals surface area contributed by atoms with Crippen LogP contribution in [0, 0.1) is 0 Å². The summed E-state index contributed by atoms with van der Waals surface area (Å²) >= 11 is 1.34. The summed E-state index contributed by atoms with van der Waals surface area (Å²) in [5.74, 6) is -0.000322. The van der Waals surface area contributed by atoms with Gasteiger partial charge in [-0.15, -0.1) is 11.3 Å². The lowest BCUT2D eigenvalue weighted by atomic mass is 10.2. The predicted octanol–water partition coefficient (Wildman–Crippen LogP) is 1.53. The number of amides is 1. The normalized spacial score (nSPS) is 10.2. The molecule has 2 aromatic rings. The fraction of sp³-hybridized carbons (Fsp3) is 0.286. The van der Waals surface area contributed by atoms with Crippen LogP contribution in [0.1, 0.15) is 25.5 Å². The average Bonchev–Trinajstić information content (AvgIpc) is 2.93. The van der Waals surface area contributed by atoms with E-state index < -0.39 is 0 Å². The highest BCUT2D eigenvalue weighted by atomic mass is 32.1. The van der Waals surface area contributed by atoms with Gasteiger partial charge in [-0.3, -0.25) is 4.79 Å². The van der Waals surface area contributed by atoms with Gasteiger partial charge in [0.2, 0.25) is 11.0 Å². The van der Waals surface area contributed by atoms with E-state index >= 15 is 0 Å². The number of carbonyl (C=O) groups excluding carboxylic acids is 1. The summed E-state index contributed by atoms with van der Waals surface area (Å²) in [6, 6.07) is 5.59. The summed E-state index contributed by atoms with van der Waals surface area (Å²) in [4.78, 5) is 24.2. The van der Waals surface area contributed by atoms with E-state index in [-0.39, 0.29) is 11.9 Å². The number of hydrogen-bond donors (Lipinski definition) is 3. The first kappa shape index (κ1) is 15.9. The maximum atomic E-state index is 11.5. The molecule has 0 saturated heterocycles. The summed E-state index contributed by atoms with van der Waals surface area (Å²) in [5.41, 5.74) is 12.9. The highest BCUT2D eigenvalue weighted by Gasteiger charge is 2.07. The molecule has 0 atom stereocenters. The third-order valence-electron chi connectivity index (χ3n) is 2.73. The molecule has 116 valence electrons. The second kappa shape index (κ2) is 7.51. The van der Waals surface area contributed by atoms with Crippen LogP contribution in [0.25, 0.3) is 11.4 Å². The van der Waals surface area contributed by atoms with Gasteiger partial charge in [0.15, 0.2) is 5.96 Å². The molecule has 0 aliphatic carbocycles. The van der Waals surface area contributed by atoms with E-state index in [0.29, 0.717) is 23.8 Å². The summed E-state index contributed by atoms with van der Waals surface area (Å²) in [6.07, 6.45) is 1.35. The minimum atomic E-state index is -0.0266. The number of carbonyl (C=O) groups is 1. The van der Waals surface area contributed by atoms with Gasteiger partial charge in [-0.05, 0) is 18.6 Å². The summed E-state index contributed by atoms with van der Waals surface area (Å²) in [5, 5.41) is 5.16. The number of aromatic nitrogens is 2. The van der Waals surface area contributed by atoms with Gasteiger partial charge in [-0.25, -0.2) is 9.97 Å². The highest BCUT2D eigenvalue weighted by Crippen LogP contribution is 2.25. The maximum Gasteiger partial charge on any atom is 0.220 e. The molecular formula is C14H18N6OS. The van der Waals surface area contributed by atoms with Gasteiger partial charge >= 0.3 is 0 Å². The van der Waals surface area contributed by atoms with Gasteiger partial charge in [-0.1, -0.05) is 13.0 Å². The molecule has 0 aromatic carbocycles. The number of pyridine rings is 1. The van der Waals surface area contributed by atoms with Crippen molar-refractivity contribution in [3.63, 3.8) is 0 Å². The molecule has 0 fully saturated rings. The number of hydrogen-bond acceptors (Lipinski definition) is 5. The predicted molar refractivity (Wildman–Crippen MR) is 87.6 cm³/mol. The Bertz CT molecular complexity index is 677. The number of rotatable bonds is 6. The van der Waals surface area contributed by atoms with Crippen LogP contribution in [0.3, 0.4) is 0 Å². The van der Waals surface area contributed by atoms with E-state index in [4.69, 9.17) is 11.5 Å². The van der Waals surface area contributed by atoms with Gasteiger partial charge in [-0.2, -0.15) is 4.99 Å². The minimum absolute atomic E-state index is 0.0263. The number of nitrogens with two attached hydrogens (primary N) is 2. The van der Waals surface area contributed by atoms with Crippen LogP contribution < -0.4 is 16.8 Å². The second-order valence-corrected chi connectivity index (χ2v) is 5.43. The third kappa shape index (κ3) is 4.52. The SMILES string of the molecule is CCCC(=O)NCc1cccc(-c2csc(N=C(N)N)n2)n1. The molecule has 0 aliphatic rings. The molecule has 7 nitrogen and oxygen atoms in total. The first-order valence-electron chi connectivity index (χ1n) is 6.86. The van der Waals surface area contributed by atoms with E-state index in [1.54, 1.807) is 0 Å². The molecule has 0 bridgehead atoms. The minimum Gasteiger partial charge on any atom is -0.370 e. The van der Waals surface area contributed by atoms with Crippen LogP contribution >= 0.6 is 11.3 Å². The first-order chi connectivity index (χ1) is 10.6. The van der Waals surface area contributed by atoms with Crippen molar-refractivity contribution in [1.29, 1.82) is 0 Å². The Morgan fingerprint density at radius 3 is 2.86 bits per heavy atom. The Labute approximate surface area is 132 Å². The van der Waals surface area contributed by atoms with Crippen LogP contribution in [0.4, 0.5) is 5.13 Å². The van der Waals surface area contributed by atoms with Crippen molar-refractivity contribution in [1.82, 2.24) is 15.3 Å². The highest BCUT2D eigenvalue weighted by molar-refractivity contribution is 7.13. The van der Waals surface area contributed by atoms with Crippen molar-refractivity contribution < 1.29 is 4.79 Å². The summed E-state index contributed by atoms with van der Waals surface area (Å²) in [7, 11) is 0. The van der Waals surface area contributed by atoms with Crippen molar-refractivity contribution in [2.45, 2.75) is 26.3 Å². The maximum absolute atomic E-state index is 11.5. The number of aliphatic imine (C=N–C) groups is 1. The van der Waals surface area contributed by atoms with E-state index in [1.807, 2.05) is 30.5 Å². The van der Waals surface area contributed by atoms with E-state index in [1.165, 1.54) is 11.3 Å². The topological polar surface area (TPSA) is 119 Å². The Morgan fingerprint density at radius 2 is 2.14 bits per heavy atom. The van der Waals surface area contributed by atoms with Crippen molar-refractivity contribution in [3.05, 3.63) is 29.3 Å². The fourth-order valence-electron chi connectivity index (χ4n) is 1.77. The molecule has 0 spiro atoms. The van der Waals surface area contributed by atoms with Crippen molar-refractivity contribution in [2.75, 3.05) is 0 Å². The van der Waals surface area contributed by atoms with Crippen molar-refractivity contribution >= 4 is 28.3 Å². The van der Waals surface area contributed by atoms with Crippen molar-refractivity contribution in [2.24, 2.45) is 16.5 Å². The summed E-state index contributed by atoms with van der Waals surface area (Å²) in [6.45, 7) is 2.37. The molecule has 8 heteroatoms. The average molecular weight is 318 g/mol. The molecule has 5 N–H and O–H groups in total. The Hall–Kier alpha value is -2.48. The van der Waals surface area contributed by atoms with Crippen LogP contribution in [-0.2, 0) is 11.3 Å². The van der Waals surface area contributed by atoms with Gasteiger partial charge in [0.1, 0.15) is 5.69 Å². The molecular weight excluding hydrogens is 300 g/mol. The Morgan fingerprint density at radius 1 is 1.32 bits per heavy atom. The van der Waals surface area contributed by atoms with Gasteiger partial charge in [0, 0.05) is 11.8 Å². The molecule has 2 rings (SSSR count). The lowest BCUT2D eigenvalue weighted by molar-refractivity contribution is -0.121. The van der Waals surface area contributed by atoms with Gasteiger partial charge in [0.05, 0.1) is 17.9 Å². The smallest absolute Gasteiger partial charge is 0.220 e. The van der Waals surface area contributed by atoms with Crippen molar-refractivity contribution in [3.8, 4) is 11.4 Å². The lowest BCUT2D eigenvalue weighted by Gasteiger charge is -2.05. The zero-order valence-electron chi connectivity index (χ0n) is 12.2. The molecule has 0 saturated carbocycles. The Balaban J connectivity index is 2.09. The quantitative estimate of drug-likeness (QED) is 0.551. The zero-order chi connectivity index (χ0) is 15.9. The van der Waals surface area contributed by atoms with Gasteiger partial charge < -0.3 is 16.8 Å². The summed E-state index contributed by atoms with van der Waals surface area (Å²) < 4.78 is 0. The van der Waals surface area contributed by atoms with Crippen LogP contribution in [0.5, 0.6) is 0 Å². The lowest BCUT2D eigenvalue weighted by Crippen LogP contribution is -2.22. The van der Waals surface area contributed by atoms with Crippen LogP contribution in [0.15, 0.2) is 28.6 Å². The first-order valence-corrected chi connectivity index (χ1v) is 7.74. The molecule has 2 heterocycles. The zero-order valence-corrected chi connectivity index (χ0v) is 13.1. The molecule has 0 unspecified atom stereocenters. The fourth-order valence-corrected chi connectivity index (χ4v) is 2.47. The third-order valence-corrected chi connectivity index (χ3v) is 3.46. The number of thiazole rings is 1. The van der Waals surface area contributed by atoms with Crippen LogP contribution in [-0.4, -0.2) is 21.8 Å². The number of nitrogens with one attached hydrogen (secondary N) is 1. The largest absolute Gasteiger partial charge is 0.370 e. The molecule has 2 aromatic heterocycles. The standard InChI is InChI=1S/C14H18N6OS/c1-2-4-12(21)17-7-9-5-3-6-10(18-9)11-8-22-14(19-11)20-13(15)16/h3,5-6,8H,2,4,7H2,1H3,(H,17,21)(H4,15,16,19,20). The van der Waals surface area contributed by atoms with Gasteiger partial charge in [0.25, 0.3) is 0 Å². The molecule has 0 aliphatic heterocycles. The second-order valence-electron chi connectivity index (χ2n) is 4.59. The number of nitrogens with zero attached hydrogens (tertiary/aromatic N) is 3. The van der Waals surface area contributed by atoms with E-state index in [0.717, 1.165) is 17.8 Å². The monoisotopic (exact) mass is 318 g/mol. The van der Waals surface area contributed by atoms with Crippen LogP contribution in [0.2, 0.25) is 0 Å². The molecule has 0 radical (unpaired) electrons. The molecule has 22 heavy (non-hydrogen) atoms. The molecule has 1 amide bonds. The van der Waals surface area contributed by atoms with E-state index in [9.17, 15) is 4.79 Å². The Kier molecular flexibility index (Phi) is 5.42. The van der Waals surface area contributed by atoms with E-state index in [2.05, 4.69) is 20.3 Å².